The molecule has 3 rings (SSSR count). The van der Waals surface area contributed by atoms with E-state index in [4.69, 9.17) is 0 Å². The van der Waals surface area contributed by atoms with E-state index in [1.807, 2.05) is 44.2 Å². The summed E-state index contributed by atoms with van der Waals surface area (Å²) < 4.78 is 1.75. The van der Waals surface area contributed by atoms with Gasteiger partial charge < -0.3 is 0 Å². The van der Waals surface area contributed by atoms with Crippen molar-refractivity contribution in [2.75, 3.05) is 0 Å². The number of fused-ring (bicyclic) bond motifs is 3. The second kappa shape index (κ2) is 4.19. The molecule has 0 bridgehead atoms. The van der Waals surface area contributed by atoms with Gasteiger partial charge in [0.15, 0.2) is 0 Å². The highest BCUT2D eigenvalue weighted by Gasteiger charge is 2.14. The third-order valence-corrected chi connectivity index (χ3v) is 3.76. The van der Waals surface area contributed by atoms with Crippen LogP contribution in [0.3, 0.4) is 0 Å². The molecule has 0 radical (unpaired) electrons. The first-order valence-corrected chi connectivity index (χ1v) is 6.58. The van der Waals surface area contributed by atoms with Gasteiger partial charge in [0.05, 0.1) is 11.0 Å². The molecule has 3 heteroatoms. The van der Waals surface area contributed by atoms with Crippen LogP contribution in [0.4, 0.5) is 0 Å². The standard InChI is InChI=1S/C16H16N2O/c1-4-11-10(3)12(5-2)16(19)18-14-9-7-6-8-13(14)17-15(11)18/h5-9H,4H2,1-3H3. The zero-order valence-corrected chi connectivity index (χ0v) is 11.4. The molecule has 2 heterocycles. The van der Waals surface area contributed by atoms with Gasteiger partial charge in [-0.25, -0.2) is 4.98 Å². The first-order valence-electron chi connectivity index (χ1n) is 6.58. The zero-order valence-electron chi connectivity index (χ0n) is 11.4. The smallest absolute Gasteiger partial charge is 0.264 e. The van der Waals surface area contributed by atoms with Crippen molar-refractivity contribution < 1.29 is 0 Å². The Balaban J connectivity index is 2.73. The number of hydrogen-bond acceptors (Lipinski definition) is 2. The first-order chi connectivity index (χ1) is 9.19. The average molecular weight is 252 g/mol. The molecule has 0 aliphatic heterocycles. The van der Waals surface area contributed by atoms with Crippen molar-refractivity contribution in [1.29, 1.82) is 0 Å². The predicted molar refractivity (Wildman–Crippen MR) is 78.4 cm³/mol. The maximum atomic E-state index is 12.6. The van der Waals surface area contributed by atoms with Crippen molar-refractivity contribution in [2.24, 2.45) is 0 Å². The van der Waals surface area contributed by atoms with Gasteiger partial charge in [0, 0.05) is 5.22 Å². The molecule has 0 unspecified atom stereocenters. The second-order valence-corrected chi connectivity index (χ2v) is 4.72. The molecule has 2 aromatic heterocycles. The van der Waals surface area contributed by atoms with E-state index in [9.17, 15) is 4.79 Å². The number of aryl methyl sites for hydroxylation is 1. The first kappa shape index (κ1) is 11.9. The number of imidazole rings is 1. The molecule has 0 fully saturated rings. The van der Waals surface area contributed by atoms with E-state index >= 15 is 0 Å². The minimum Gasteiger partial charge on any atom is -0.268 e. The maximum absolute atomic E-state index is 12.6. The number of para-hydroxylation sites is 2. The highest BCUT2D eigenvalue weighted by molar-refractivity contribution is 5.81. The van der Waals surface area contributed by atoms with E-state index < -0.39 is 0 Å². The van der Waals surface area contributed by atoms with E-state index in [0.29, 0.717) is 0 Å². The van der Waals surface area contributed by atoms with E-state index in [1.54, 1.807) is 4.40 Å². The van der Waals surface area contributed by atoms with Crippen molar-refractivity contribution in [3.05, 3.63) is 51.0 Å². The van der Waals surface area contributed by atoms with Crippen molar-refractivity contribution >= 4 is 22.8 Å². The fraction of sp³-hybridized carbons (Fsp3) is 0.250. The normalized spacial score (nSPS) is 12.7. The van der Waals surface area contributed by atoms with Crippen LogP contribution in [0.2, 0.25) is 0 Å². The maximum Gasteiger partial charge on any atom is 0.264 e. The van der Waals surface area contributed by atoms with Gasteiger partial charge in [-0.15, -0.1) is 0 Å². The van der Waals surface area contributed by atoms with E-state index in [1.165, 1.54) is 0 Å². The molecule has 96 valence electrons. The topological polar surface area (TPSA) is 34.4 Å². The highest BCUT2D eigenvalue weighted by Crippen LogP contribution is 2.18. The Hall–Kier alpha value is -2.16. The fourth-order valence-corrected chi connectivity index (χ4v) is 2.81. The molecule has 0 saturated carbocycles. The molecule has 0 atom stereocenters. The molecule has 1 aromatic carbocycles. The zero-order chi connectivity index (χ0) is 13.6. The quantitative estimate of drug-likeness (QED) is 0.665. The minimum atomic E-state index is 0.0286. The van der Waals surface area contributed by atoms with E-state index in [0.717, 1.165) is 39.4 Å². The largest absolute Gasteiger partial charge is 0.268 e. The van der Waals surface area contributed by atoms with Crippen LogP contribution in [-0.4, -0.2) is 9.38 Å². The predicted octanol–water partition coefficient (Wildman–Crippen LogP) is 2.24. The SMILES string of the molecule is CC=c1c(C)c(CC)c2nc3ccccc3n2c1=O. The van der Waals surface area contributed by atoms with Gasteiger partial charge in [0.2, 0.25) is 0 Å². The molecule has 19 heavy (non-hydrogen) atoms. The lowest BCUT2D eigenvalue weighted by Crippen LogP contribution is -2.34. The van der Waals surface area contributed by atoms with Gasteiger partial charge >= 0.3 is 0 Å². The lowest BCUT2D eigenvalue weighted by atomic mass is 10.1. The van der Waals surface area contributed by atoms with Crippen LogP contribution in [0.5, 0.6) is 0 Å². The van der Waals surface area contributed by atoms with Crippen molar-refractivity contribution in [3.8, 4) is 0 Å². The van der Waals surface area contributed by atoms with Crippen molar-refractivity contribution in [1.82, 2.24) is 9.38 Å². The molecule has 3 aromatic rings. The Bertz CT molecular complexity index is 891. The lowest BCUT2D eigenvalue weighted by molar-refractivity contribution is 1.02. The summed E-state index contributed by atoms with van der Waals surface area (Å²) in [6, 6.07) is 7.79. The van der Waals surface area contributed by atoms with Gasteiger partial charge in [0.25, 0.3) is 5.56 Å². The molecule has 0 aliphatic rings. The Morgan fingerprint density at radius 3 is 2.74 bits per heavy atom. The number of pyridine rings is 1. The lowest BCUT2D eigenvalue weighted by Gasteiger charge is -2.06. The third kappa shape index (κ3) is 1.51. The van der Waals surface area contributed by atoms with Crippen molar-refractivity contribution in [2.45, 2.75) is 27.2 Å². The number of benzene rings is 1. The van der Waals surface area contributed by atoms with Crippen LogP contribution in [-0.2, 0) is 6.42 Å². The molecule has 0 spiro atoms. The van der Waals surface area contributed by atoms with Gasteiger partial charge in [-0.2, -0.15) is 0 Å². The van der Waals surface area contributed by atoms with Crippen LogP contribution < -0.4 is 10.8 Å². The second-order valence-electron chi connectivity index (χ2n) is 4.72. The van der Waals surface area contributed by atoms with Gasteiger partial charge in [-0.1, -0.05) is 25.1 Å². The summed E-state index contributed by atoms with van der Waals surface area (Å²) >= 11 is 0. The van der Waals surface area contributed by atoms with Crippen LogP contribution in [0.15, 0.2) is 29.1 Å². The van der Waals surface area contributed by atoms with Gasteiger partial charge in [0.1, 0.15) is 5.65 Å². The number of aromatic nitrogens is 2. The third-order valence-electron chi connectivity index (χ3n) is 3.76. The monoisotopic (exact) mass is 252 g/mol. The van der Waals surface area contributed by atoms with Crippen LogP contribution >= 0.6 is 0 Å². The summed E-state index contributed by atoms with van der Waals surface area (Å²) in [6.07, 6.45) is 2.77. The number of nitrogens with zero attached hydrogens (tertiary/aromatic N) is 2. The van der Waals surface area contributed by atoms with Crippen LogP contribution in [0.25, 0.3) is 22.8 Å². The summed E-state index contributed by atoms with van der Waals surface area (Å²) in [5.74, 6) is 0. The summed E-state index contributed by atoms with van der Waals surface area (Å²) in [5.41, 5.74) is 4.81. The average Bonchev–Trinajstić information content (AvgIpc) is 2.79. The Kier molecular flexibility index (Phi) is 2.63. The van der Waals surface area contributed by atoms with Crippen molar-refractivity contribution in [3.63, 3.8) is 0 Å². The molecular weight excluding hydrogens is 236 g/mol. The number of hydrogen-bond donors (Lipinski definition) is 0. The Labute approximate surface area is 111 Å². The summed E-state index contributed by atoms with van der Waals surface area (Å²) in [7, 11) is 0. The molecular formula is C16H16N2O. The minimum absolute atomic E-state index is 0.0286. The van der Waals surface area contributed by atoms with E-state index in [2.05, 4.69) is 11.9 Å². The molecule has 0 aliphatic carbocycles. The van der Waals surface area contributed by atoms with Crippen LogP contribution in [0, 0.1) is 6.92 Å². The molecule has 3 nitrogen and oxygen atoms in total. The Morgan fingerprint density at radius 1 is 1.32 bits per heavy atom. The van der Waals surface area contributed by atoms with Gasteiger partial charge in [-0.05, 0) is 43.5 Å². The van der Waals surface area contributed by atoms with Crippen LogP contribution in [0.1, 0.15) is 25.0 Å². The Morgan fingerprint density at radius 2 is 2.05 bits per heavy atom. The molecule has 0 amide bonds. The summed E-state index contributed by atoms with van der Waals surface area (Å²) in [4.78, 5) is 17.2. The molecule has 0 N–H and O–H groups in total. The van der Waals surface area contributed by atoms with Gasteiger partial charge in [-0.3, -0.25) is 9.20 Å². The van der Waals surface area contributed by atoms with E-state index in [-0.39, 0.29) is 5.56 Å². The molecule has 0 saturated heterocycles. The summed E-state index contributed by atoms with van der Waals surface area (Å²) in [5, 5.41) is 0.785. The highest BCUT2D eigenvalue weighted by atomic mass is 16.1. The number of rotatable bonds is 1. The fourth-order valence-electron chi connectivity index (χ4n) is 2.81. The summed E-state index contributed by atoms with van der Waals surface area (Å²) in [6.45, 7) is 6.02.